The van der Waals surface area contributed by atoms with Gasteiger partial charge in [-0.15, -0.1) is 0 Å². The van der Waals surface area contributed by atoms with Crippen molar-refractivity contribution in [2.24, 2.45) is 0 Å². The van der Waals surface area contributed by atoms with Crippen molar-refractivity contribution in [2.75, 3.05) is 6.61 Å². The van der Waals surface area contributed by atoms with Crippen LogP contribution in [0, 0.1) is 11.3 Å². The van der Waals surface area contributed by atoms with Crippen molar-refractivity contribution in [2.45, 2.75) is 45.4 Å². The number of hydrogen-bond acceptors (Lipinski definition) is 4. The molecule has 3 aromatic rings. The highest BCUT2D eigenvalue weighted by atomic mass is 16.5. The molecule has 0 bridgehead atoms. The van der Waals surface area contributed by atoms with Crippen molar-refractivity contribution in [1.82, 2.24) is 9.97 Å². The number of rotatable bonds is 9. The van der Waals surface area contributed by atoms with Crippen LogP contribution in [0.5, 0.6) is 5.75 Å². The molecule has 0 amide bonds. The maximum Gasteiger partial charge on any atom is 0.159 e. The molecule has 1 heterocycles. The van der Waals surface area contributed by atoms with Crippen molar-refractivity contribution >= 4 is 10.9 Å². The van der Waals surface area contributed by atoms with E-state index in [0.717, 1.165) is 35.2 Å². The molecule has 0 spiro atoms. The number of nitrogens with zero attached hydrogens (tertiary/aromatic N) is 3. The van der Waals surface area contributed by atoms with Crippen LogP contribution < -0.4 is 4.74 Å². The summed E-state index contributed by atoms with van der Waals surface area (Å²) >= 11 is 0. The van der Waals surface area contributed by atoms with Crippen molar-refractivity contribution < 1.29 is 4.74 Å². The molecule has 138 valence electrons. The van der Waals surface area contributed by atoms with Gasteiger partial charge in [0, 0.05) is 17.1 Å². The monoisotopic (exact) mass is 359 g/mol. The third-order valence-corrected chi connectivity index (χ3v) is 4.59. The van der Waals surface area contributed by atoms with Crippen molar-refractivity contribution in [3.05, 3.63) is 54.2 Å². The zero-order valence-corrected chi connectivity index (χ0v) is 15.8. The minimum Gasteiger partial charge on any atom is -0.494 e. The first-order valence-electron chi connectivity index (χ1n) is 9.70. The molecular weight excluding hydrogens is 334 g/mol. The Kier molecular flexibility index (Phi) is 6.76. The summed E-state index contributed by atoms with van der Waals surface area (Å²) in [5, 5.41) is 9.85. The fraction of sp³-hybridized carbons (Fsp3) is 0.348. The van der Waals surface area contributed by atoms with Gasteiger partial charge in [-0.1, -0.05) is 39.0 Å². The molecule has 0 unspecified atom stereocenters. The van der Waals surface area contributed by atoms with Gasteiger partial charge in [-0.3, -0.25) is 0 Å². The summed E-state index contributed by atoms with van der Waals surface area (Å²) in [7, 11) is 0. The van der Waals surface area contributed by atoms with Crippen LogP contribution in [0.2, 0.25) is 0 Å². The molecule has 0 radical (unpaired) electrons. The van der Waals surface area contributed by atoms with Gasteiger partial charge < -0.3 is 4.74 Å². The summed E-state index contributed by atoms with van der Waals surface area (Å²) in [6.07, 6.45) is 9.34. The molecule has 27 heavy (non-hydrogen) atoms. The Balaban J connectivity index is 1.57. The van der Waals surface area contributed by atoms with Gasteiger partial charge in [0.1, 0.15) is 5.75 Å². The lowest BCUT2D eigenvalue weighted by molar-refractivity contribution is 0.304. The lowest BCUT2D eigenvalue weighted by Crippen LogP contribution is -1.97. The minimum atomic E-state index is 0.616. The molecule has 0 saturated carbocycles. The summed E-state index contributed by atoms with van der Waals surface area (Å²) < 4.78 is 5.83. The third-order valence-electron chi connectivity index (χ3n) is 4.59. The topological polar surface area (TPSA) is 58.8 Å². The van der Waals surface area contributed by atoms with Crippen LogP contribution in [-0.2, 0) is 0 Å². The summed E-state index contributed by atoms with van der Waals surface area (Å²) in [5.74, 6) is 1.56. The summed E-state index contributed by atoms with van der Waals surface area (Å²) in [4.78, 5) is 9.03. The average Bonchev–Trinajstić information content (AvgIpc) is 2.73. The van der Waals surface area contributed by atoms with Gasteiger partial charge in [-0.25, -0.2) is 9.97 Å². The average molecular weight is 359 g/mol. The quantitative estimate of drug-likeness (QED) is 0.446. The van der Waals surface area contributed by atoms with Gasteiger partial charge >= 0.3 is 0 Å². The molecule has 3 rings (SSSR count). The van der Waals surface area contributed by atoms with E-state index in [-0.39, 0.29) is 0 Å². The van der Waals surface area contributed by atoms with Crippen molar-refractivity contribution in [3.8, 4) is 23.2 Å². The Morgan fingerprint density at radius 1 is 0.963 bits per heavy atom. The van der Waals surface area contributed by atoms with Crippen LogP contribution in [0.3, 0.4) is 0 Å². The molecule has 0 saturated heterocycles. The second kappa shape index (κ2) is 9.68. The van der Waals surface area contributed by atoms with Gasteiger partial charge in [0.2, 0.25) is 0 Å². The summed E-state index contributed by atoms with van der Waals surface area (Å²) in [5.41, 5.74) is 2.40. The molecule has 2 aromatic carbocycles. The SMILES string of the molecule is CCCCCCCCOc1ccc(-c2ncc3cc(C#N)ccc3n2)cc1. The fourth-order valence-electron chi connectivity index (χ4n) is 3.01. The van der Waals surface area contributed by atoms with Gasteiger partial charge in [0.25, 0.3) is 0 Å². The van der Waals surface area contributed by atoms with E-state index in [4.69, 9.17) is 10.00 Å². The molecule has 0 aliphatic carbocycles. The predicted octanol–water partition coefficient (Wildman–Crippen LogP) is 5.91. The molecule has 1 aromatic heterocycles. The first-order valence-corrected chi connectivity index (χ1v) is 9.70. The van der Waals surface area contributed by atoms with Crippen LogP contribution in [0.1, 0.15) is 51.0 Å². The van der Waals surface area contributed by atoms with E-state index in [1.165, 1.54) is 32.1 Å². The van der Waals surface area contributed by atoms with E-state index in [9.17, 15) is 0 Å². The highest BCUT2D eigenvalue weighted by Gasteiger charge is 2.05. The van der Waals surface area contributed by atoms with Crippen molar-refractivity contribution in [1.29, 1.82) is 5.26 Å². The number of unbranched alkanes of at least 4 members (excludes halogenated alkanes) is 5. The molecule has 4 heteroatoms. The van der Waals surface area contributed by atoms with Crippen LogP contribution in [0.15, 0.2) is 48.7 Å². The number of benzene rings is 2. The molecule has 0 aliphatic rings. The van der Waals surface area contributed by atoms with E-state index in [2.05, 4.69) is 23.0 Å². The molecule has 0 aliphatic heterocycles. The smallest absolute Gasteiger partial charge is 0.159 e. The lowest BCUT2D eigenvalue weighted by atomic mass is 10.1. The summed E-state index contributed by atoms with van der Waals surface area (Å²) in [6.45, 7) is 3.00. The highest BCUT2D eigenvalue weighted by molar-refractivity contribution is 5.81. The van der Waals surface area contributed by atoms with Gasteiger partial charge in [-0.2, -0.15) is 5.26 Å². The fourth-order valence-corrected chi connectivity index (χ4v) is 3.01. The predicted molar refractivity (Wildman–Crippen MR) is 109 cm³/mol. The zero-order chi connectivity index (χ0) is 18.9. The molecule has 0 N–H and O–H groups in total. The van der Waals surface area contributed by atoms with E-state index < -0.39 is 0 Å². The van der Waals surface area contributed by atoms with Crippen LogP contribution in [0.25, 0.3) is 22.3 Å². The molecule has 0 atom stereocenters. The first-order chi connectivity index (χ1) is 13.3. The van der Waals surface area contributed by atoms with E-state index in [0.29, 0.717) is 11.4 Å². The van der Waals surface area contributed by atoms with Crippen LogP contribution in [0.4, 0.5) is 0 Å². The number of fused-ring (bicyclic) bond motifs is 1. The third kappa shape index (κ3) is 5.27. The van der Waals surface area contributed by atoms with Crippen LogP contribution in [-0.4, -0.2) is 16.6 Å². The largest absolute Gasteiger partial charge is 0.494 e. The maximum atomic E-state index is 8.98. The minimum absolute atomic E-state index is 0.616. The Morgan fingerprint density at radius 3 is 2.52 bits per heavy atom. The Morgan fingerprint density at radius 2 is 1.74 bits per heavy atom. The number of nitriles is 1. The number of ether oxygens (including phenoxy) is 1. The first kappa shape index (κ1) is 18.8. The highest BCUT2D eigenvalue weighted by Crippen LogP contribution is 2.22. The zero-order valence-electron chi connectivity index (χ0n) is 15.8. The number of hydrogen-bond donors (Lipinski definition) is 0. The number of aromatic nitrogens is 2. The normalized spacial score (nSPS) is 10.7. The van der Waals surface area contributed by atoms with Crippen molar-refractivity contribution in [3.63, 3.8) is 0 Å². The van der Waals surface area contributed by atoms with Gasteiger partial charge in [-0.05, 0) is 48.9 Å². The molecule has 4 nitrogen and oxygen atoms in total. The Bertz CT molecular complexity index is 913. The molecular formula is C23H25N3O. The van der Waals surface area contributed by atoms with E-state index in [1.807, 2.05) is 30.3 Å². The Hall–Kier alpha value is -2.93. The lowest BCUT2D eigenvalue weighted by Gasteiger charge is -2.07. The standard InChI is InChI=1S/C23H25N3O/c1-2-3-4-5-6-7-14-27-21-11-9-19(10-12-21)23-25-17-20-15-18(16-24)8-13-22(20)26-23/h8-13,15,17H,2-7,14H2,1H3. The maximum absolute atomic E-state index is 8.98. The second-order valence-corrected chi connectivity index (χ2v) is 6.72. The molecule has 0 fully saturated rings. The summed E-state index contributed by atoms with van der Waals surface area (Å²) in [6, 6.07) is 15.5. The van der Waals surface area contributed by atoms with Gasteiger partial charge in [0.15, 0.2) is 5.82 Å². The second-order valence-electron chi connectivity index (χ2n) is 6.72. The van der Waals surface area contributed by atoms with Gasteiger partial charge in [0.05, 0.1) is 23.8 Å². The van der Waals surface area contributed by atoms with E-state index >= 15 is 0 Å². The Labute approximate surface area is 160 Å². The van der Waals surface area contributed by atoms with E-state index in [1.54, 1.807) is 18.3 Å². The van der Waals surface area contributed by atoms with Crippen LogP contribution >= 0.6 is 0 Å².